The SMILES string of the molecule is CCc1ccc(C(=O)NC2CC(c3cc(N4CC[C@@H](O)C4)ncn3)C2)s1. The summed E-state index contributed by atoms with van der Waals surface area (Å²) in [4.78, 5) is 25.2. The number of amides is 1. The predicted octanol–water partition coefficient (Wildman–Crippen LogP) is 2.35. The number of thiophene rings is 1. The molecule has 4 rings (SSSR count). The van der Waals surface area contributed by atoms with Gasteiger partial charge in [0.15, 0.2) is 0 Å². The van der Waals surface area contributed by atoms with E-state index in [1.54, 1.807) is 17.7 Å². The number of carbonyl (C=O) groups excluding carboxylic acids is 1. The van der Waals surface area contributed by atoms with Crippen molar-refractivity contribution in [2.45, 2.75) is 50.7 Å². The summed E-state index contributed by atoms with van der Waals surface area (Å²) in [6.45, 7) is 3.57. The Kier molecular flexibility index (Phi) is 4.91. The Morgan fingerprint density at radius 3 is 2.92 bits per heavy atom. The molecule has 1 amide bonds. The van der Waals surface area contributed by atoms with Crippen molar-refractivity contribution in [2.75, 3.05) is 18.0 Å². The molecule has 1 aliphatic carbocycles. The lowest BCUT2D eigenvalue weighted by atomic mass is 9.78. The topological polar surface area (TPSA) is 78.4 Å². The van der Waals surface area contributed by atoms with Gasteiger partial charge in [-0.05, 0) is 37.8 Å². The van der Waals surface area contributed by atoms with Gasteiger partial charge in [-0.1, -0.05) is 6.92 Å². The molecule has 2 N–H and O–H groups in total. The smallest absolute Gasteiger partial charge is 0.261 e. The second kappa shape index (κ2) is 7.32. The Balaban J connectivity index is 1.32. The highest BCUT2D eigenvalue weighted by Crippen LogP contribution is 2.37. The first kappa shape index (κ1) is 17.4. The molecule has 2 aromatic rings. The van der Waals surface area contributed by atoms with Crippen LogP contribution in [0.3, 0.4) is 0 Å². The van der Waals surface area contributed by atoms with Crippen LogP contribution in [0.25, 0.3) is 0 Å². The van der Waals surface area contributed by atoms with Gasteiger partial charge in [0.1, 0.15) is 12.1 Å². The van der Waals surface area contributed by atoms with Crippen LogP contribution >= 0.6 is 11.3 Å². The molecule has 1 saturated heterocycles. The van der Waals surface area contributed by atoms with Crippen LogP contribution in [0.4, 0.5) is 5.82 Å². The van der Waals surface area contributed by atoms with E-state index in [0.29, 0.717) is 12.5 Å². The number of nitrogens with zero attached hydrogens (tertiary/aromatic N) is 3. The number of aliphatic hydroxyl groups excluding tert-OH is 1. The van der Waals surface area contributed by atoms with Crippen molar-refractivity contribution in [2.24, 2.45) is 0 Å². The summed E-state index contributed by atoms with van der Waals surface area (Å²) in [6.07, 6.45) is 4.93. The van der Waals surface area contributed by atoms with E-state index in [1.165, 1.54) is 4.88 Å². The average Bonchev–Trinajstić information content (AvgIpc) is 3.26. The highest BCUT2D eigenvalue weighted by atomic mass is 32.1. The van der Waals surface area contributed by atoms with Crippen molar-refractivity contribution >= 4 is 23.1 Å². The van der Waals surface area contributed by atoms with Crippen molar-refractivity contribution in [1.29, 1.82) is 0 Å². The highest BCUT2D eigenvalue weighted by molar-refractivity contribution is 7.14. The van der Waals surface area contributed by atoms with Gasteiger partial charge in [-0.25, -0.2) is 9.97 Å². The Morgan fingerprint density at radius 1 is 1.38 bits per heavy atom. The van der Waals surface area contributed by atoms with E-state index in [9.17, 15) is 9.90 Å². The lowest BCUT2D eigenvalue weighted by Gasteiger charge is -2.35. The van der Waals surface area contributed by atoms with Gasteiger partial charge < -0.3 is 15.3 Å². The van der Waals surface area contributed by atoms with Crippen LogP contribution in [0.1, 0.15) is 52.3 Å². The van der Waals surface area contributed by atoms with Gasteiger partial charge in [-0.2, -0.15) is 0 Å². The van der Waals surface area contributed by atoms with Crippen LogP contribution in [-0.2, 0) is 6.42 Å². The van der Waals surface area contributed by atoms with E-state index in [-0.39, 0.29) is 18.1 Å². The van der Waals surface area contributed by atoms with Crippen molar-refractivity contribution in [3.63, 3.8) is 0 Å². The Bertz CT molecular complexity index is 787. The summed E-state index contributed by atoms with van der Waals surface area (Å²) >= 11 is 1.57. The fourth-order valence-electron chi connectivity index (χ4n) is 3.63. The monoisotopic (exact) mass is 372 g/mol. The Morgan fingerprint density at radius 2 is 2.23 bits per heavy atom. The molecule has 6 nitrogen and oxygen atoms in total. The number of nitrogens with one attached hydrogen (secondary N) is 1. The zero-order valence-electron chi connectivity index (χ0n) is 14.9. The minimum Gasteiger partial charge on any atom is -0.391 e. The van der Waals surface area contributed by atoms with Crippen molar-refractivity contribution in [3.05, 3.63) is 40.0 Å². The van der Waals surface area contributed by atoms with E-state index in [4.69, 9.17) is 0 Å². The first-order valence-electron chi connectivity index (χ1n) is 9.27. The van der Waals surface area contributed by atoms with Crippen LogP contribution in [0, 0.1) is 0 Å². The summed E-state index contributed by atoms with van der Waals surface area (Å²) in [7, 11) is 0. The molecule has 2 aliphatic rings. The maximum absolute atomic E-state index is 12.3. The molecule has 0 unspecified atom stereocenters. The van der Waals surface area contributed by atoms with Crippen molar-refractivity contribution in [1.82, 2.24) is 15.3 Å². The maximum Gasteiger partial charge on any atom is 0.261 e. The summed E-state index contributed by atoms with van der Waals surface area (Å²) in [5, 5.41) is 12.8. The third kappa shape index (κ3) is 3.59. The molecule has 138 valence electrons. The number of anilines is 1. The summed E-state index contributed by atoms with van der Waals surface area (Å²) in [5.41, 5.74) is 1.03. The second-order valence-corrected chi connectivity index (χ2v) is 8.32. The normalized spacial score (nSPS) is 25.2. The summed E-state index contributed by atoms with van der Waals surface area (Å²) < 4.78 is 0. The molecule has 1 aliphatic heterocycles. The predicted molar refractivity (Wildman–Crippen MR) is 102 cm³/mol. The van der Waals surface area contributed by atoms with Gasteiger partial charge in [-0.3, -0.25) is 4.79 Å². The van der Waals surface area contributed by atoms with E-state index in [2.05, 4.69) is 27.1 Å². The number of aryl methyl sites for hydroxylation is 1. The van der Waals surface area contributed by atoms with Gasteiger partial charge in [-0.15, -0.1) is 11.3 Å². The minimum absolute atomic E-state index is 0.0348. The van der Waals surface area contributed by atoms with E-state index >= 15 is 0 Å². The van der Waals surface area contributed by atoms with Crippen LogP contribution < -0.4 is 10.2 Å². The number of β-amino-alcohol motifs (C(OH)–C–C–N with tert-alkyl or cyclic N) is 1. The standard InChI is InChI=1S/C19H24N4O2S/c1-2-15-3-4-17(26-15)19(25)22-13-7-12(8-13)16-9-18(21-11-20-16)23-6-5-14(24)10-23/h3-4,9,11-14,24H,2,5-8,10H2,1H3,(H,22,25)/t12?,13?,14-/m1/s1. The lowest BCUT2D eigenvalue weighted by molar-refractivity contribution is 0.0912. The zero-order valence-corrected chi connectivity index (χ0v) is 15.7. The highest BCUT2D eigenvalue weighted by Gasteiger charge is 2.33. The summed E-state index contributed by atoms with van der Waals surface area (Å²) in [6, 6.07) is 6.19. The molecule has 0 aromatic carbocycles. The van der Waals surface area contributed by atoms with Crippen LogP contribution in [0.2, 0.25) is 0 Å². The minimum atomic E-state index is -0.262. The number of hydrogen-bond donors (Lipinski definition) is 2. The molecule has 3 heterocycles. The van der Waals surface area contributed by atoms with Gasteiger partial charge in [0, 0.05) is 41.7 Å². The van der Waals surface area contributed by atoms with Crippen LogP contribution in [-0.4, -0.2) is 46.2 Å². The average molecular weight is 372 g/mol. The Labute approximate surface area is 157 Å². The molecule has 7 heteroatoms. The molecule has 0 radical (unpaired) electrons. The fraction of sp³-hybridized carbons (Fsp3) is 0.526. The van der Waals surface area contributed by atoms with E-state index in [0.717, 1.165) is 48.6 Å². The number of carbonyl (C=O) groups is 1. The van der Waals surface area contributed by atoms with Gasteiger partial charge in [0.2, 0.25) is 0 Å². The van der Waals surface area contributed by atoms with Gasteiger partial charge in [0.25, 0.3) is 5.91 Å². The number of aromatic nitrogens is 2. The molecule has 2 aromatic heterocycles. The molecular weight excluding hydrogens is 348 g/mol. The number of aliphatic hydroxyl groups is 1. The van der Waals surface area contributed by atoms with Crippen molar-refractivity contribution < 1.29 is 9.90 Å². The third-order valence-electron chi connectivity index (χ3n) is 5.29. The molecule has 2 fully saturated rings. The van der Waals surface area contributed by atoms with Gasteiger partial charge >= 0.3 is 0 Å². The van der Waals surface area contributed by atoms with Crippen LogP contribution in [0.15, 0.2) is 24.5 Å². The quantitative estimate of drug-likeness (QED) is 0.842. The molecular formula is C19H24N4O2S. The molecule has 0 bridgehead atoms. The first-order chi connectivity index (χ1) is 12.6. The zero-order chi connectivity index (χ0) is 18.1. The molecule has 1 atom stereocenters. The van der Waals surface area contributed by atoms with Crippen molar-refractivity contribution in [3.8, 4) is 0 Å². The Hall–Kier alpha value is -1.99. The number of hydrogen-bond acceptors (Lipinski definition) is 6. The molecule has 0 spiro atoms. The second-order valence-electron chi connectivity index (χ2n) is 7.15. The molecule has 1 saturated carbocycles. The van der Waals surface area contributed by atoms with E-state index in [1.807, 2.05) is 18.2 Å². The maximum atomic E-state index is 12.3. The molecule has 26 heavy (non-hydrogen) atoms. The largest absolute Gasteiger partial charge is 0.391 e. The van der Waals surface area contributed by atoms with E-state index < -0.39 is 0 Å². The summed E-state index contributed by atoms with van der Waals surface area (Å²) in [5.74, 6) is 1.29. The number of rotatable bonds is 5. The fourth-order valence-corrected chi connectivity index (χ4v) is 4.48. The lowest BCUT2D eigenvalue weighted by Crippen LogP contribution is -2.43. The van der Waals surface area contributed by atoms with Crippen LogP contribution in [0.5, 0.6) is 0 Å². The first-order valence-corrected chi connectivity index (χ1v) is 10.1. The third-order valence-corrected chi connectivity index (χ3v) is 6.51. The van der Waals surface area contributed by atoms with Gasteiger partial charge in [0.05, 0.1) is 11.0 Å².